The highest BCUT2D eigenvalue weighted by Crippen LogP contribution is 1.78. The molecule has 0 aromatic carbocycles. The number of hydrogen-bond acceptors (Lipinski definition) is 3. The minimum atomic E-state index is -1.22. The number of Topliss-reactive ketones (excluding diaryl/α,β-unsaturated/α-hetero) is 1. The highest BCUT2D eigenvalue weighted by molar-refractivity contribution is 6.14. The number of aliphatic hydroxyl groups is 1. The number of rotatable bonds is 2. The average molecular weight is 124 g/mol. The molecule has 2 N–H and O–H groups in total. The van der Waals surface area contributed by atoms with Gasteiger partial charge in [-0.15, -0.1) is 0 Å². The van der Waals surface area contributed by atoms with Crippen LogP contribution in [0.3, 0.4) is 0 Å². The largest absolute Gasteiger partial charge is 0.370 e. The summed E-state index contributed by atoms with van der Waals surface area (Å²) in [5.74, 6) is -0.394. The maximum absolute atomic E-state index is 9.98. The van der Waals surface area contributed by atoms with E-state index in [0.29, 0.717) is 0 Å². The third kappa shape index (κ3) is 2.56. The summed E-state index contributed by atoms with van der Waals surface area (Å²) in [6.45, 7) is 1.24. The maximum Gasteiger partial charge on any atom is 0.177 e. The Morgan fingerprint density at radius 2 is 2.43 bits per heavy atom. The molecule has 4 heteroatoms. The third-order valence-electron chi connectivity index (χ3n) is 0.488. The fourth-order valence-corrected chi connectivity index (χ4v) is 0.230. The van der Waals surface area contributed by atoms with Gasteiger partial charge in [0.25, 0.3) is 0 Å². The van der Waals surface area contributed by atoms with Gasteiger partial charge in [-0.05, 0) is 18.7 Å². The van der Waals surface area contributed by atoms with E-state index in [-0.39, 0.29) is 0 Å². The third-order valence-corrected chi connectivity index (χ3v) is 0.695. The zero-order valence-electron chi connectivity index (χ0n) is 3.81. The van der Waals surface area contributed by atoms with Crippen molar-refractivity contribution in [3.8, 4) is 0 Å². The molecule has 0 saturated carbocycles. The molecular formula is C3H6ClNO2. The lowest BCUT2D eigenvalue weighted by Gasteiger charge is -1.98. The Hall–Kier alpha value is -0.120. The minimum absolute atomic E-state index is 0.394. The number of halogens is 1. The fourth-order valence-electron chi connectivity index (χ4n) is 0.0768. The second-order valence-electron chi connectivity index (χ2n) is 1.12. The Balaban J connectivity index is 3.34. The normalized spacial score (nSPS) is 13.6. The number of ketones is 1. The van der Waals surface area contributed by atoms with Crippen molar-refractivity contribution >= 4 is 17.6 Å². The molecule has 0 heterocycles. The van der Waals surface area contributed by atoms with Crippen molar-refractivity contribution in [1.82, 2.24) is 4.84 Å². The molecule has 42 valence electrons. The van der Waals surface area contributed by atoms with Crippen molar-refractivity contribution in [1.29, 1.82) is 0 Å². The van der Waals surface area contributed by atoms with Crippen LogP contribution in [0.2, 0.25) is 0 Å². The van der Waals surface area contributed by atoms with E-state index in [1.165, 1.54) is 6.92 Å². The summed E-state index contributed by atoms with van der Waals surface area (Å²) in [6.07, 6.45) is -1.22. The molecule has 0 aromatic heterocycles. The second kappa shape index (κ2) is 2.96. The Morgan fingerprint density at radius 3 is 2.43 bits per heavy atom. The van der Waals surface area contributed by atoms with Crippen LogP contribution in [0.1, 0.15) is 6.92 Å². The summed E-state index contributed by atoms with van der Waals surface area (Å²) >= 11 is 4.83. The number of nitrogens with one attached hydrogen (secondary N) is 1. The van der Waals surface area contributed by atoms with Crippen molar-refractivity contribution in [2.45, 2.75) is 13.2 Å². The fraction of sp³-hybridized carbons (Fsp3) is 0.667. The summed E-state index contributed by atoms with van der Waals surface area (Å²) in [5.41, 5.74) is 0. The van der Waals surface area contributed by atoms with Crippen LogP contribution in [0.15, 0.2) is 0 Å². The summed E-state index contributed by atoms with van der Waals surface area (Å²) < 4.78 is 0. The molecule has 3 nitrogen and oxygen atoms in total. The average Bonchev–Trinajstić information content (AvgIpc) is 1.65. The molecule has 0 amide bonds. The van der Waals surface area contributed by atoms with Crippen molar-refractivity contribution in [2.24, 2.45) is 0 Å². The first kappa shape index (κ1) is 6.88. The Labute approximate surface area is 46.4 Å². The summed E-state index contributed by atoms with van der Waals surface area (Å²) in [6, 6.07) is 0. The lowest BCUT2D eigenvalue weighted by atomic mass is 10.4. The van der Waals surface area contributed by atoms with E-state index in [1.807, 2.05) is 4.84 Å². The van der Waals surface area contributed by atoms with Crippen LogP contribution in [0, 0.1) is 0 Å². The van der Waals surface area contributed by atoms with Gasteiger partial charge in [-0.1, -0.05) is 0 Å². The molecule has 0 fully saturated rings. The molecule has 0 aromatic rings. The van der Waals surface area contributed by atoms with Crippen LogP contribution in [0.4, 0.5) is 0 Å². The molecule has 7 heavy (non-hydrogen) atoms. The van der Waals surface area contributed by atoms with Crippen LogP contribution in [-0.4, -0.2) is 17.1 Å². The summed E-state index contributed by atoms with van der Waals surface area (Å²) in [4.78, 5) is 11.8. The van der Waals surface area contributed by atoms with Gasteiger partial charge in [0, 0.05) is 0 Å². The molecule has 1 unspecified atom stereocenters. The predicted octanol–water partition coefficient (Wildman–Crippen LogP) is -0.363. The quantitative estimate of drug-likeness (QED) is 0.389. The van der Waals surface area contributed by atoms with Gasteiger partial charge >= 0.3 is 0 Å². The topological polar surface area (TPSA) is 49.3 Å². The van der Waals surface area contributed by atoms with Crippen molar-refractivity contribution in [3.05, 3.63) is 0 Å². The molecule has 0 saturated heterocycles. The number of aliphatic hydroxyl groups excluding tert-OH is 1. The van der Waals surface area contributed by atoms with Gasteiger partial charge in [0.15, 0.2) is 12.0 Å². The highest BCUT2D eigenvalue weighted by atomic mass is 35.5. The van der Waals surface area contributed by atoms with E-state index in [1.54, 1.807) is 0 Å². The highest BCUT2D eigenvalue weighted by Gasteiger charge is 2.04. The number of carbonyl (C=O) groups excluding carboxylic acids is 1. The van der Waals surface area contributed by atoms with Gasteiger partial charge < -0.3 is 5.11 Å². The Bertz CT molecular complexity index is 75.3. The first-order valence-corrected chi connectivity index (χ1v) is 2.11. The standard InChI is InChI=1S/C3H6ClNO2/c1-2(6)3(7)5-4/h3,5,7H,1H3. The molecule has 0 bridgehead atoms. The van der Waals surface area contributed by atoms with E-state index >= 15 is 0 Å². The molecule has 0 aliphatic carbocycles. The van der Waals surface area contributed by atoms with Crippen molar-refractivity contribution < 1.29 is 9.90 Å². The van der Waals surface area contributed by atoms with Crippen LogP contribution < -0.4 is 4.84 Å². The smallest absolute Gasteiger partial charge is 0.177 e. The van der Waals surface area contributed by atoms with Gasteiger partial charge in [0.05, 0.1) is 0 Å². The van der Waals surface area contributed by atoms with Crippen LogP contribution in [0.25, 0.3) is 0 Å². The van der Waals surface area contributed by atoms with Gasteiger partial charge in [0.1, 0.15) is 0 Å². The van der Waals surface area contributed by atoms with E-state index in [4.69, 9.17) is 16.9 Å². The lowest BCUT2D eigenvalue weighted by molar-refractivity contribution is -0.125. The number of hydrogen-bond donors (Lipinski definition) is 2. The van der Waals surface area contributed by atoms with E-state index in [0.717, 1.165) is 0 Å². The first-order chi connectivity index (χ1) is 3.18. The molecule has 0 aliphatic rings. The van der Waals surface area contributed by atoms with E-state index in [2.05, 4.69) is 0 Å². The maximum atomic E-state index is 9.98. The Kier molecular flexibility index (Phi) is 2.91. The lowest BCUT2D eigenvalue weighted by Crippen LogP contribution is -2.27. The predicted molar refractivity (Wildman–Crippen MR) is 25.7 cm³/mol. The van der Waals surface area contributed by atoms with Crippen LogP contribution in [-0.2, 0) is 4.79 Å². The zero-order valence-corrected chi connectivity index (χ0v) is 4.57. The first-order valence-electron chi connectivity index (χ1n) is 1.73. The SMILES string of the molecule is CC(=O)C(O)NCl. The summed E-state index contributed by atoms with van der Waals surface area (Å²) in [7, 11) is 0. The van der Waals surface area contributed by atoms with E-state index in [9.17, 15) is 4.79 Å². The van der Waals surface area contributed by atoms with Gasteiger partial charge in [-0.2, -0.15) is 4.84 Å². The van der Waals surface area contributed by atoms with Crippen molar-refractivity contribution in [3.63, 3.8) is 0 Å². The molecule has 0 rings (SSSR count). The van der Waals surface area contributed by atoms with Crippen molar-refractivity contribution in [2.75, 3.05) is 0 Å². The van der Waals surface area contributed by atoms with Gasteiger partial charge in [-0.25, -0.2) is 0 Å². The zero-order chi connectivity index (χ0) is 5.86. The number of carbonyl (C=O) groups is 1. The molecule has 0 aliphatic heterocycles. The van der Waals surface area contributed by atoms with Crippen LogP contribution in [0.5, 0.6) is 0 Å². The van der Waals surface area contributed by atoms with Gasteiger partial charge in [-0.3, -0.25) is 4.79 Å². The van der Waals surface area contributed by atoms with Gasteiger partial charge in [0.2, 0.25) is 0 Å². The summed E-state index contributed by atoms with van der Waals surface area (Å²) in [5, 5.41) is 8.34. The molecule has 0 spiro atoms. The van der Waals surface area contributed by atoms with E-state index < -0.39 is 12.0 Å². The second-order valence-corrected chi connectivity index (χ2v) is 1.34. The Morgan fingerprint density at radius 1 is 2.00 bits per heavy atom. The molecule has 0 radical (unpaired) electrons. The molecule has 1 atom stereocenters. The monoisotopic (exact) mass is 123 g/mol. The molecular weight excluding hydrogens is 117 g/mol. The van der Waals surface area contributed by atoms with Crippen LogP contribution >= 0.6 is 11.8 Å². The minimum Gasteiger partial charge on any atom is -0.370 e.